The molecule has 0 bridgehead atoms. The number of benzene rings is 1. The summed E-state index contributed by atoms with van der Waals surface area (Å²) in [6.45, 7) is 3.49. The monoisotopic (exact) mass is 330 g/mol. The Morgan fingerprint density at radius 3 is 2.71 bits per heavy atom. The maximum Gasteiger partial charge on any atom is 0.244 e. The molecule has 21 heavy (non-hydrogen) atoms. The van der Waals surface area contributed by atoms with E-state index in [1.807, 2.05) is 0 Å². The summed E-state index contributed by atoms with van der Waals surface area (Å²) < 4.78 is 52.0. The quantitative estimate of drug-likeness (QED) is 0.817. The van der Waals surface area contributed by atoms with Gasteiger partial charge < -0.3 is 0 Å². The summed E-state index contributed by atoms with van der Waals surface area (Å²) in [5.41, 5.74) is -0.482. The van der Waals surface area contributed by atoms with Crippen molar-refractivity contribution < 1.29 is 17.0 Å². The number of sulfonamides is 1. The summed E-state index contributed by atoms with van der Waals surface area (Å²) in [6, 6.07) is 4.67. The number of nitriles is 1. The first-order chi connectivity index (χ1) is 9.80. The molecule has 1 aliphatic heterocycles. The Hall–Kier alpha value is -1.30. The van der Waals surface area contributed by atoms with Crippen molar-refractivity contribution >= 4 is 20.8 Å². The fraction of sp³-hybridized carbons (Fsp3) is 0.462. The fourth-order valence-electron chi connectivity index (χ4n) is 2.32. The summed E-state index contributed by atoms with van der Waals surface area (Å²) >= 11 is 0. The zero-order chi connectivity index (χ0) is 15.8. The lowest BCUT2D eigenvalue weighted by molar-refractivity contribution is 0.334. The van der Waals surface area contributed by atoms with Crippen molar-refractivity contribution in [1.82, 2.24) is 4.31 Å². The molecule has 1 saturated heterocycles. The van der Waals surface area contributed by atoms with Crippen molar-refractivity contribution in [3.63, 3.8) is 0 Å². The lowest BCUT2D eigenvalue weighted by atomic mass is 10.2. The molecule has 1 aliphatic rings. The minimum absolute atomic E-state index is 0.0990. The number of nitrogens with zero attached hydrogens (tertiary/aromatic N) is 2. The van der Waals surface area contributed by atoms with Crippen LogP contribution in [-0.2, 0) is 20.8 Å². The van der Waals surface area contributed by atoms with Gasteiger partial charge in [0.2, 0.25) is 10.0 Å². The highest BCUT2D eigenvalue weighted by molar-refractivity contribution is 7.89. The summed E-state index contributed by atoms with van der Waals surface area (Å²) in [5, 5.41) is 8.69. The first kappa shape index (κ1) is 16.1. The molecule has 0 aliphatic carbocycles. The van der Waals surface area contributed by atoms with Gasteiger partial charge in [-0.25, -0.2) is 12.8 Å². The molecule has 0 spiro atoms. The number of hydrogen-bond acceptors (Lipinski definition) is 4. The molecular formula is C13H15FN2O3S2. The van der Waals surface area contributed by atoms with E-state index in [2.05, 4.69) is 0 Å². The molecule has 3 atom stereocenters. The zero-order valence-electron chi connectivity index (χ0n) is 11.6. The minimum Gasteiger partial charge on any atom is -0.259 e. The molecule has 1 heterocycles. The van der Waals surface area contributed by atoms with Crippen LogP contribution in [0.15, 0.2) is 23.1 Å². The molecule has 5 nitrogen and oxygen atoms in total. The number of rotatable bonds is 2. The van der Waals surface area contributed by atoms with Crippen molar-refractivity contribution in [1.29, 1.82) is 5.26 Å². The van der Waals surface area contributed by atoms with E-state index in [1.165, 1.54) is 16.4 Å². The second-order valence-electron chi connectivity index (χ2n) is 4.87. The molecule has 1 aromatic rings. The van der Waals surface area contributed by atoms with Gasteiger partial charge in [0.15, 0.2) is 0 Å². The SMILES string of the molecule is C[C@H]1[C@H](C)[S@@](=O)CCN1S(=O)(=O)c1cccc(F)c1C#N. The molecule has 0 amide bonds. The van der Waals surface area contributed by atoms with Crippen LogP contribution in [0.3, 0.4) is 0 Å². The molecule has 1 fully saturated rings. The van der Waals surface area contributed by atoms with E-state index in [9.17, 15) is 17.0 Å². The Labute approximate surface area is 125 Å². The highest BCUT2D eigenvalue weighted by Gasteiger charge is 2.39. The molecule has 2 rings (SSSR count). The lowest BCUT2D eigenvalue weighted by Crippen LogP contribution is -2.52. The van der Waals surface area contributed by atoms with Gasteiger partial charge in [0, 0.05) is 34.4 Å². The van der Waals surface area contributed by atoms with Crippen LogP contribution in [0.1, 0.15) is 19.4 Å². The van der Waals surface area contributed by atoms with Crippen LogP contribution < -0.4 is 0 Å². The number of halogens is 1. The van der Waals surface area contributed by atoms with Crippen LogP contribution in [0.25, 0.3) is 0 Å². The third-order valence-corrected chi connectivity index (χ3v) is 7.57. The van der Waals surface area contributed by atoms with Gasteiger partial charge >= 0.3 is 0 Å². The van der Waals surface area contributed by atoms with Crippen LogP contribution in [0.5, 0.6) is 0 Å². The van der Waals surface area contributed by atoms with Gasteiger partial charge in [-0.15, -0.1) is 0 Å². The molecule has 114 valence electrons. The smallest absolute Gasteiger partial charge is 0.244 e. The van der Waals surface area contributed by atoms with Crippen molar-refractivity contribution in [3.05, 3.63) is 29.6 Å². The highest BCUT2D eigenvalue weighted by Crippen LogP contribution is 2.27. The van der Waals surface area contributed by atoms with Crippen LogP contribution in [-0.4, -0.2) is 40.5 Å². The highest BCUT2D eigenvalue weighted by atomic mass is 32.2. The summed E-state index contributed by atoms with van der Waals surface area (Å²) in [6.07, 6.45) is 0. The average molecular weight is 330 g/mol. The topological polar surface area (TPSA) is 78.2 Å². The summed E-state index contributed by atoms with van der Waals surface area (Å²) in [4.78, 5) is -0.336. The van der Waals surface area contributed by atoms with Crippen molar-refractivity contribution in [2.45, 2.75) is 30.0 Å². The van der Waals surface area contributed by atoms with Crippen molar-refractivity contribution in [2.24, 2.45) is 0 Å². The Morgan fingerprint density at radius 1 is 1.43 bits per heavy atom. The standard InChI is InChI=1S/C13H15FN2O3S2/c1-9-10(2)20(17)7-6-16(9)21(18,19)13-5-3-4-12(14)11(13)8-15/h3-5,9-10H,6-7H2,1-2H3/t9-,10-,20-/m0/s1. The number of hydrogen-bond donors (Lipinski definition) is 0. The molecular weight excluding hydrogens is 315 g/mol. The Kier molecular flexibility index (Phi) is 4.46. The molecule has 0 saturated carbocycles. The third-order valence-electron chi connectivity index (χ3n) is 3.73. The third kappa shape index (κ3) is 2.73. The van der Waals surface area contributed by atoms with Crippen molar-refractivity contribution in [3.8, 4) is 6.07 Å². The molecule has 0 N–H and O–H groups in total. The predicted octanol–water partition coefficient (Wildman–Crippen LogP) is 1.23. The van der Waals surface area contributed by atoms with Gasteiger partial charge in [0.05, 0.1) is 0 Å². The van der Waals surface area contributed by atoms with Crippen LogP contribution in [0, 0.1) is 17.1 Å². The maximum absolute atomic E-state index is 13.6. The van der Waals surface area contributed by atoms with Crippen molar-refractivity contribution in [2.75, 3.05) is 12.3 Å². The van der Waals surface area contributed by atoms with Crippen LogP contribution in [0.4, 0.5) is 4.39 Å². The summed E-state index contributed by atoms with van der Waals surface area (Å²) in [5.74, 6) is -0.623. The minimum atomic E-state index is -4.00. The van der Waals surface area contributed by atoms with E-state index in [1.54, 1.807) is 19.9 Å². The normalized spacial score (nSPS) is 27.2. The van der Waals surface area contributed by atoms with Gasteiger partial charge in [-0.1, -0.05) is 6.07 Å². The zero-order valence-corrected chi connectivity index (χ0v) is 13.2. The average Bonchev–Trinajstić information content (AvgIpc) is 2.44. The molecule has 8 heteroatoms. The van der Waals surface area contributed by atoms with E-state index in [4.69, 9.17) is 5.26 Å². The van der Waals surface area contributed by atoms with Gasteiger partial charge in [-0.3, -0.25) is 4.21 Å². The largest absolute Gasteiger partial charge is 0.259 e. The lowest BCUT2D eigenvalue weighted by Gasteiger charge is -2.36. The van der Waals surface area contributed by atoms with E-state index < -0.39 is 38.2 Å². The van der Waals surface area contributed by atoms with E-state index >= 15 is 0 Å². The maximum atomic E-state index is 13.6. The Bertz CT molecular complexity index is 727. The fourth-order valence-corrected chi connectivity index (χ4v) is 5.70. The second-order valence-corrected chi connectivity index (χ2v) is 8.64. The second kappa shape index (κ2) is 5.83. The van der Waals surface area contributed by atoms with E-state index in [0.717, 1.165) is 6.07 Å². The molecule has 0 unspecified atom stereocenters. The van der Waals surface area contributed by atoms with E-state index in [-0.39, 0.29) is 22.4 Å². The predicted molar refractivity (Wildman–Crippen MR) is 76.9 cm³/mol. The first-order valence-electron chi connectivity index (χ1n) is 6.38. The summed E-state index contributed by atoms with van der Waals surface area (Å²) in [7, 11) is -5.08. The molecule has 0 aromatic heterocycles. The first-order valence-corrected chi connectivity index (χ1v) is 9.20. The van der Waals surface area contributed by atoms with E-state index in [0.29, 0.717) is 0 Å². The van der Waals surface area contributed by atoms with Crippen LogP contribution >= 0.6 is 0 Å². The van der Waals surface area contributed by atoms with Gasteiger partial charge in [0.1, 0.15) is 22.3 Å². The Balaban J connectivity index is 2.51. The molecule has 1 aromatic carbocycles. The van der Waals surface area contributed by atoms with Gasteiger partial charge in [-0.2, -0.15) is 9.57 Å². The Morgan fingerprint density at radius 2 is 2.10 bits per heavy atom. The van der Waals surface area contributed by atoms with Gasteiger partial charge in [-0.05, 0) is 26.0 Å². The van der Waals surface area contributed by atoms with Crippen LogP contribution in [0.2, 0.25) is 0 Å². The van der Waals surface area contributed by atoms with Gasteiger partial charge in [0.25, 0.3) is 0 Å². The molecule has 0 radical (unpaired) electrons.